The van der Waals surface area contributed by atoms with Crippen molar-refractivity contribution in [1.29, 1.82) is 0 Å². The zero-order valence-corrected chi connectivity index (χ0v) is 11.0. The van der Waals surface area contributed by atoms with Crippen LogP contribution in [0.5, 0.6) is 0 Å². The largest absolute Gasteiger partial charge is 0.387 e. The molecule has 2 aliphatic heterocycles. The van der Waals surface area contributed by atoms with Crippen molar-refractivity contribution < 1.29 is 29.2 Å². The van der Waals surface area contributed by atoms with Crippen LogP contribution in [-0.4, -0.2) is 58.4 Å². The van der Waals surface area contributed by atoms with E-state index in [2.05, 4.69) is 0 Å². The minimum absolute atomic E-state index is 0.426. The summed E-state index contributed by atoms with van der Waals surface area (Å²) in [7, 11) is 0. The second kappa shape index (κ2) is 3.65. The van der Waals surface area contributed by atoms with Crippen molar-refractivity contribution in [2.45, 2.75) is 75.9 Å². The number of ether oxygens (including phenoxy) is 4. The molecule has 0 aromatic rings. The molecule has 2 heterocycles. The highest BCUT2D eigenvalue weighted by atomic mass is 16.8. The summed E-state index contributed by atoms with van der Waals surface area (Å²) >= 11 is 0. The molecule has 0 bridgehead atoms. The predicted molar refractivity (Wildman–Crippen MR) is 59.7 cm³/mol. The van der Waals surface area contributed by atoms with Gasteiger partial charge in [-0.15, -0.1) is 0 Å². The maximum atomic E-state index is 10.1. The summed E-state index contributed by atoms with van der Waals surface area (Å²) < 4.78 is 22.8. The first kappa shape index (κ1) is 12.8. The van der Waals surface area contributed by atoms with Gasteiger partial charge < -0.3 is 29.2 Å². The van der Waals surface area contributed by atoms with Crippen LogP contribution in [0.15, 0.2) is 0 Å². The van der Waals surface area contributed by atoms with Crippen molar-refractivity contribution in [2.75, 3.05) is 0 Å². The molecule has 3 unspecified atom stereocenters. The van der Waals surface area contributed by atoms with Gasteiger partial charge in [-0.2, -0.15) is 0 Å². The smallest absolute Gasteiger partial charge is 0.164 e. The fraction of sp³-hybridized carbons (Fsp3) is 1.00. The van der Waals surface area contributed by atoms with Gasteiger partial charge in [0.15, 0.2) is 11.6 Å². The maximum Gasteiger partial charge on any atom is 0.164 e. The van der Waals surface area contributed by atoms with Gasteiger partial charge >= 0.3 is 0 Å². The number of hydrogen-bond donors (Lipinski definition) is 2. The van der Waals surface area contributed by atoms with Crippen molar-refractivity contribution in [3.05, 3.63) is 0 Å². The highest BCUT2D eigenvalue weighted by Gasteiger charge is 2.62. The lowest BCUT2D eigenvalue weighted by Gasteiger charge is -2.38. The van der Waals surface area contributed by atoms with Gasteiger partial charge in [0.2, 0.25) is 0 Å². The zero-order chi connectivity index (χ0) is 13.3. The maximum absolute atomic E-state index is 10.1. The molecule has 2 N–H and O–H groups in total. The SMILES string of the molecule is CC1(C)OC2C(O1)[C@@H]1OC(C)(C)O[C@@H]1C(O)[C@@H]2O. The lowest BCUT2D eigenvalue weighted by atomic mass is 9.85. The summed E-state index contributed by atoms with van der Waals surface area (Å²) in [6.07, 6.45) is -4.09. The van der Waals surface area contributed by atoms with Gasteiger partial charge in [-0.1, -0.05) is 0 Å². The molecule has 0 spiro atoms. The Kier molecular flexibility index (Phi) is 2.59. The molecule has 18 heavy (non-hydrogen) atoms. The van der Waals surface area contributed by atoms with Crippen LogP contribution < -0.4 is 0 Å². The molecule has 3 rings (SSSR count). The Morgan fingerprint density at radius 1 is 0.611 bits per heavy atom. The average Bonchev–Trinajstić information content (AvgIpc) is 2.71. The van der Waals surface area contributed by atoms with Crippen LogP contribution in [0.2, 0.25) is 0 Å². The molecule has 3 aliphatic rings. The molecule has 6 atom stereocenters. The minimum Gasteiger partial charge on any atom is -0.387 e. The molecule has 6 nitrogen and oxygen atoms in total. The summed E-state index contributed by atoms with van der Waals surface area (Å²) in [6.45, 7) is 7.11. The van der Waals surface area contributed by atoms with Crippen LogP contribution in [0, 0.1) is 0 Å². The summed E-state index contributed by atoms with van der Waals surface area (Å²) in [6, 6.07) is 0. The third kappa shape index (κ3) is 1.79. The molecular weight excluding hydrogens is 240 g/mol. The molecule has 3 fully saturated rings. The third-order valence-corrected chi connectivity index (χ3v) is 3.67. The lowest BCUT2D eigenvalue weighted by molar-refractivity contribution is -0.185. The van der Waals surface area contributed by atoms with Crippen LogP contribution in [0.1, 0.15) is 27.7 Å². The van der Waals surface area contributed by atoms with E-state index in [9.17, 15) is 10.2 Å². The summed E-state index contributed by atoms with van der Waals surface area (Å²) in [5.41, 5.74) is 0. The minimum atomic E-state index is -1.03. The van der Waals surface area contributed by atoms with Gasteiger partial charge in [0.05, 0.1) is 0 Å². The van der Waals surface area contributed by atoms with E-state index in [1.54, 1.807) is 27.7 Å². The first-order valence-electron chi connectivity index (χ1n) is 6.28. The number of aliphatic hydroxyl groups excluding tert-OH is 2. The van der Waals surface area contributed by atoms with Crippen molar-refractivity contribution in [2.24, 2.45) is 0 Å². The van der Waals surface area contributed by atoms with Crippen molar-refractivity contribution in [3.8, 4) is 0 Å². The Balaban J connectivity index is 1.91. The monoisotopic (exact) mass is 260 g/mol. The number of hydrogen-bond acceptors (Lipinski definition) is 6. The van der Waals surface area contributed by atoms with E-state index in [1.807, 2.05) is 0 Å². The van der Waals surface area contributed by atoms with Gasteiger partial charge in [-0.3, -0.25) is 0 Å². The van der Waals surface area contributed by atoms with Gasteiger partial charge in [0.1, 0.15) is 36.6 Å². The fourth-order valence-corrected chi connectivity index (χ4v) is 3.06. The molecule has 104 valence electrons. The van der Waals surface area contributed by atoms with E-state index in [4.69, 9.17) is 18.9 Å². The first-order valence-corrected chi connectivity index (χ1v) is 6.28. The van der Waals surface area contributed by atoms with E-state index in [0.717, 1.165) is 0 Å². The molecule has 6 heteroatoms. The summed E-state index contributed by atoms with van der Waals surface area (Å²) in [4.78, 5) is 0. The molecule has 0 aromatic carbocycles. The van der Waals surface area contributed by atoms with Crippen LogP contribution in [-0.2, 0) is 18.9 Å². The summed E-state index contributed by atoms with van der Waals surface area (Å²) in [5.74, 6) is -1.58. The van der Waals surface area contributed by atoms with Crippen LogP contribution >= 0.6 is 0 Å². The number of rotatable bonds is 0. The van der Waals surface area contributed by atoms with E-state index in [1.165, 1.54) is 0 Å². The summed E-state index contributed by atoms with van der Waals surface area (Å²) in [5, 5.41) is 20.2. The van der Waals surface area contributed by atoms with Gasteiger partial charge in [0.25, 0.3) is 0 Å². The topological polar surface area (TPSA) is 77.4 Å². The number of fused-ring (bicyclic) bond motifs is 3. The number of aliphatic hydroxyl groups is 2. The van der Waals surface area contributed by atoms with Gasteiger partial charge in [-0.05, 0) is 27.7 Å². The van der Waals surface area contributed by atoms with Crippen LogP contribution in [0.3, 0.4) is 0 Å². The molecule has 0 amide bonds. The Labute approximate surface area is 106 Å². The normalized spacial score (nSPS) is 53.0. The van der Waals surface area contributed by atoms with Gasteiger partial charge in [0, 0.05) is 0 Å². The Morgan fingerprint density at radius 2 is 0.889 bits per heavy atom. The van der Waals surface area contributed by atoms with Crippen molar-refractivity contribution in [3.63, 3.8) is 0 Å². The second-order valence-corrected chi connectivity index (χ2v) is 6.11. The van der Waals surface area contributed by atoms with Crippen molar-refractivity contribution >= 4 is 0 Å². The Hall–Kier alpha value is -0.240. The fourth-order valence-electron chi connectivity index (χ4n) is 3.06. The van der Waals surface area contributed by atoms with Gasteiger partial charge in [-0.25, -0.2) is 0 Å². The second-order valence-electron chi connectivity index (χ2n) is 6.11. The zero-order valence-electron chi connectivity index (χ0n) is 11.0. The van der Waals surface area contributed by atoms with E-state index < -0.39 is 48.2 Å². The highest BCUT2D eigenvalue weighted by Crippen LogP contribution is 2.44. The molecule has 0 aromatic heterocycles. The van der Waals surface area contributed by atoms with Crippen LogP contribution in [0.25, 0.3) is 0 Å². The van der Waals surface area contributed by atoms with Crippen LogP contribution in [0.4, 0.5) is 0 Å². The average molecular weight is 260 g/mol. The highest BCUT2D eigenvalue weighted by molar-refractivity contribution is 5.07. The predicted octanol–water partition coefficient (Wildman–Crippen LogP) is -0.238. The molecular formula is C12H20O6. The molecule has 1 aliphatic carbocycles. The first-order chi connectivity index (χ1) is 8.20. The van der Waals surface area contributed by atoms with E-state index in [-0.39, 0.29) is 0 Å². The quantitative estimate of drug-likeness (QED) is 0.626. The molecule has 2 saturated heterocycles. The van der Waals surface area contributed by atoms with E-state index >= 15 is 0 Å². The molecule has 0 radical (unpaired) electrons. The third-order valence-electron chi connectivity index (χ3n) is 3.67. The Morgan fingerprint density at radius 3 is 1.22 bits per heavy atom. The lowest BCUT2D eigenvalue weighted by Crippen LogP contribution is -2.61. The van der Waals surface area contributed by atoms with Crippen molar-refractivity contribution in [1.82, 2.24) is 0 Å². The van der Waals surface area contributed by atoms with E-state index in [0.29, 0.717) is 0 Å². The molecule has 1 saturated carbocycles. The standard InChI is InChI=1S/C12H20O6/c1-11(2)15-7-5(13)6(14)8-10(9(7)17-11)18-12(3,4)16-8/h5-10,13-14H,1-4H3/t5-,6?,7?,8+,9?,10+/m0/s1. The Bertz CT molecular complexity index is 320.